The normalized spacial score (nSPS) is 20.3. The molecule has 1 aliphatic heterocycles. The van der Waals surface area contributed by atoms with Crippen LogP contribution in [0.2, 0.25) is 0 Å². The van der Waals surface area contributed by atoms with Crippen LogP contribution >= 0.6 is 0 Å². The smallest absolute Gasteiger partial charge is 0.0641 e. The maximum atomic E-state index is 6.06. The molecule has 114 valence electrons. The Hall–Kier alpha value is -0.870. The molecule has 0 saturated carbocycles. The second-order valence-corrected chi connectivity index (χ2v) is 7.27. The minimum absolute atomic E-state index is 0.324. The van der Waals surface area contributed by atoms with Gasteiger partial charge in [-0.1, -0.05) is 20.8 Å². The summed E-state index contributed by atoms with van der Waals surface area (Å²) in [4.78, 5) is 2.55. The van der Waals surface area contributed by atoms with E-state index in [1.54, 1.807) is 0 Å². The average Bonchev–Trinajstić information content (AvgIpc) is 2.69. The maximum Gasteiger partial charge on any atom is 0.0641 e. The SMILES string of the molecule is Cc1nn(C)cc1C(CN)N1CCC(C(C)(C)C)CC1. The first-order chi connectivity index (χ1) is 9.32. The molecule has 2 heterocycles. The fraction of sp³-hybridized carbons (Fsp3) is 0.812. The lowest BCUT2D eigenvalue weighted by molar-refractivity contribution is 0.0844. The van der Waals surface area contributed by atoms with E-state index in [2.05, 4.69) is 43.9 Å². The minimum Gasteiger partial charge on any atom is -0.329 e. The molecule has 1 aromatic heterocycles. The molecular formula is C16H30N4. The predicted molar refractivity (Wildman–Crippen MR) is 83.5 cm³/mol. The molecule has 0 bridgehead atoms. The molecule has 4 nitrogen and oxygen atoms in total. The van der Waals surface area contributed by atoms with Crippen molar-refractivity contribution in [2.75, 3.05) is 19.6 Å². The van der Waals surface area contributed by atoms with Crippen molar-refractivity contribution in [1.82, 2.24) is 14.7 Å². The van der Waals surface area contributed by atoms with E-state index in [-0.39, 0.29) is 0 Å². The molecule has 20 heavy (non-hydrogen) atoms. The van der Waals surface area contributed by atoms with E-state index in [4.69, 9.17) is 5.73 Å². The lowest BCUT2D eigenvalue weighted by atomic mass is 9.75. The highest BCUT2D eigenvalue weighted by Gasteiger charge is 2.32. The molecule has 0 radical (unpaired) electrons. The summed E-state index contributed by atoms with van der Waals surface area (Å²) in [6, 6.07) is 0.324. The average molecular weight is 278 g/mol. The number of likely N-dealkylation sites (tertiary alicyclic amines) is 1. The van der Waals surface area contributed by atoms with Crippen LogP contribution < -0.4 is 5.73 Å². The fourth-order valence-corrected chi connectivity index (χ4v) is 3.49. The highest BCUT2D eigenvalue weighted by molar-refractivity contribution is 5.20. The molecule has 1 aromatic rings. The van der Waals surface area contributed by atoms with Crippen LogP contribution in [0.25, 0.3) is 0 Å². The summed E-state index contributed by atoms with van der Waals surface area (Å²) >= 11 is 0. The van der Waals surface area contributed by atoms with Crippen molar-refractivity contribution in [3.8, 4) is 0 Å². The Kier molecular flexibility index (Phi) is 4.55. The maximum absolute atomic E-state index is 6.06. The third kappa shape index (κ3) is 3.23. The predicted octanol–water partition coefficient (Wildman–Crippen LogP) is 2.49. The van der Waals surface area contributed by atoms with E-state index in [1.165, 1.54) is 18.4 Å². The first-order valence-electron chi connectivity index (χ1n) is 7.77. The molecule has 1 atom stereocenters. The van der Waals surface area contributed by atoms with E-state index in [0.717, 1.165) is 24.7 Å². The van der Waals surface area contributed by atoms with Crippen molar-refractivity contribution in [1.29, 1.82) is 0 Å². The van der Waals surface area contributed by atoms with Crippen molar-refractivity contribution in [3.63, 3.8) is 0 Å². The largest absolute Gasteiger partial charge is 0.329 e. The zero-order chi connectivity index (χ0) is 14.9. The van der Waals surface area contributed by atoms with Gasteiger partial charge in [0.15, 0.2) is 0 Å². The van der Waals surface area contributed by atoms with Crippen LogP contribution in [0, 0.1) is 18.3 Å². The molecule has 2 rings (SSSR count). The van der Waals surface area contributed by atoms with E-state index in [1.807, 2.05) is 11.7 Å². The first-order valence-corrected chi connectivity index (χ1v) is 7.77. The summed E-state index contributed by atoms with van der Waals surface area (Å²) in [6.45, 7) is 12.1. The number of rotatable bonds is 3. The summed E-state index contributed by atoms with van der Waals surface area (Å²) < 4.78 is 1.90. The number of aryl methyl sites for hydroxylation is 2. The van der Waals surface area contributed by atoms with Gasteiger partial charge < -0.3 is 5.73 Å². The van der Waals surface area contributed by atoms with Crippen molar-refractivity contribution in [2.24, 2.45) is 24.1 Å². The van der Waals surface area contributed by atoms with Crippen molar-refractivity contribution in [3.05, 3.63) is 17.5 Å². The Morgan fingerprint density at radius 1 is 1.35 bits per heavy atom. The highest BCUT2D eigenvalue weighted by Crippen LogP contribution is 2.36. The van der Waals surface area contributed by atoms with Crippen LogP contribution in [0.15, 0.2) is 6.20 Å². The summed E-state index contributed by atoms with van der Waals surface area (Å²) in [5.74, 6) is 0.826. The monoisotopic (exact) mass is 278 g/mol. The summed E-state index contributed by atoms with van der Waals surface area (Å²) in [5.41, 5.74) is 8.89. The van der Waals surface area contributed by atoms with Crippen molar-refractivity contribution in [2.45, 2.75) is 46.6 Å². The number of hydrogen-bond acceptors (Lipinski definition) is 3. The molecule has 0 aliphatic carbocycles. The van der Waals surface area contributed by atoms with Gasteiger partial charge in [0.2, 0.25) is 0 Å². The van der Waals surface area contributed by atoms with E-state index < -0.39 is 0 Å². The van der Waals surface area contributed by atoms with Crippen LogP contribution in [0.5, 0.6) is 0 Å². The topological polar surface area (TPSA) is 47.1 Å². The first kappa shape index (κ1) is 15.5. The summed E-state index contributed by atoms with van der Waals surface area (Å²) in [6.07, 6.45) is 4.68. The third-order valence-corrected chi connectivity index (χ3v) is 4.83. The Morgan fingerprint density at radius 2 is 1.95 bits per heavy atom. The van der Waals surface area contributed by atoms with Crippen molar-refractivity contribution >= 4 is 0 Å². The molecule has 1 saturated heterocycles. The van der Waals surface area contributed by atoms with Crippen LogP contribution in [0.4, 0.5) is 0 Å². The second-order valence-electron chi connectivity index (χ2n) is 7.27. The quantitative estimate of drug-likeness (QED) is 0.924. The van der Waals surface area contributed by atoms with E-state index in [0.29, 0.717) is 18.0 Å². The Morgan fingerprint density at radius 3 is 2.35 bits per heavy atom. The standard InChI is InChI=1S/C16H30N4/c1-12-14(11-19(5)18-12)15(10-17)20-8-6-13(7-9-20)16(2,3)4/h11,13,15H,6-10,17H2,1-5H3. The minimum atomic E-state index is 0.324. The van der Waals surface area contributed by atoms with Gasteiger partial charge in [-0.3, -0.25) is 9.58 Å². The Balaban J connectivity index is 2.06. The third-order valence-electron chi connectivity index (χ3n) is 4.83. The second kappa shape index (κ2) is 5.86. The zero-order valence-electron chi connectivity index (χ0n) is 13.7. The van der Waals surface area contributed by atoms with Gasteiger partial charge in [0, 0.05) is 25.4 Å². The molecule has 4 heteroatoms. The molecule has 1 fully saturated rings. The van der Waals surface area contributed by atoms with Gasteiger partial charge in [-0.25, -0.2) is 0 Å². The van der Waals surface area contributed by atoms with Crippen LogP contribution in [-0.2, 0) is 7.05 Å². The molecule has 2 N–H and O–H groups in total. The van der Waals surface area contributed by atoms with Crippen LogP contribution in [0.1, 0.15) is 50.9 Å². The van der Waals surface area contributed by atoms with E-state index >= 15 is 0 Å². The number of nitrogens with zero attached hydrogens (tertiary/aromatic N) is 3. The molecule has 0 spiro atoms. The Labute approximate surface area is 123 Å². The van der Waals surface area contributed by atoms with Gasteiger partial charge in [0.05, 0.1) is 11.7 Å². The van der Waals surface area contributed by atoms with Gasteiger partial charge in [0.1, 0.15) is 0 Å². The Bertz CT molecular complexity index is 436. The lowest BCUT2D eigenvalue weighted by Crippen LogP contribution is -2.42. The summed E-state index contributed by atoms with van der Waals surface area (Å²) in [5, 5.41) is 4.46. The van der Waals surface area contributed by atoms with Gasteiger partial charge in [-0.05, 0) is 44.2 Å². The van der Waals surface area contributed by atoms with Gasteiger partial charge in [-0.15, -0.1) is 0 Å². The van der Waals surface area contributed by atoms with Gasteiger partial charge >= 0.3 is 0 Å². The number of aromatic nitrogens is 2. The molecule has 0 aromatic carbocycles. The highest BCUT2D eigenvalue weighted by atomic mass is 15.3. The van der Waals surface area contributed by atoms with E-state index in [9.17, 15) is 0 Å². The number of nitrogens with two attached hydrogens (primary N) is 1. The fourth-order valence-electron chi connectivity index (χ4n) is 3.49. The lowest BCUT2D eigenvalue weighted by Gasteiger charge is -2.41. The summed E-state index contributed by atoms with van der Waals surface area (Å²) in [7, 11) is 1.98. The molecule has 0 amide bonds. The van der Waals surface area contributed by atoms with Crippen molar-refractivity contribution < 1.29 is 0 Å². The molecular weight excluding hydrogens is 248 g/mol. The van der Waals surface area contributed by atoms with Crippen LogP contribution in [0.3, 0.4) is 0 Å². The van der Waals surface area contributed by atoms with Crippen LogP contribution in [-0.4, -0.2) is 34.3 Å². The molecule has 1 aliphatic rings. The van der Waals surface area contributed by atoms with Gasteiger partial charge in [-0.2, -0.15) is 5.10 Å². The number of piperidine rings is 1. The zero-order valence-corrected chi connectivity index (χ0v) is 13.7. The van der Waals surface area contributed by atoms with Gasteiger partial charge in [0.25, 0.3) is 0 Å². The number of hydrogen-bond donors (Lipinski definition) is 1. The molecule has 1 unspecified atom stereocenters.